The smallest absolute Gasteiger partial charge is 0.267 e. The van der Waals surface area contributed by atoms with Crippen LogP contribution in [0.15, 0.2) is 6.07 Å². The van der Waals surface area contributed by atoms with Crippen LogP contribution in [0, 0.1) is 13.8 Å². The third-order valence-electron chi connectivity index (χ3n) is 3.91. The number of rotatable bonds is 4. The van der Waals surface area contributed by atoms with Gasteiger partial charge in [-0.25, -0.2) is 4.98 Å². The van der Waals surface area contributed by atoms with Crippen LogP contribution in [0.5, 0.6) is 0 Å². The number of hydrogen-bond donors (Lipinski definition) is 1. The van der Waals surface area contributed by atoms with Gasteiger partial charge in [0.25, 0.3) is 5.91 Å². The summed E-state index contributed by atoms with van der Waals surface area (Å²) in [6, 6.07) is 1.98. The minimum atomic E-state index is 0.0226. The van der Waals surface area contributed by atoms with Crippen molar-refractivity contribution in [3.05, 3.63) is 22.3 Å². The normalized spacial score (nSPS) is 14.8. The van der Waals surface area contributed by atoms with E-state index in [4.69, 9.17) is 0 Å². The minimum absolute atomic E-state index is 0.0226. The zero-order chi connectivity index (χ0) is 17.1. The average molecular weight is 347 g/mol. The molecule has 1 N–H and O–H groups in total. The summed E-state index contributed by atoms with van der Waals surface area (Å²) in [7, 11) is 0. The highest BCUT2D eigenvalue weighted by atomic mass is 32.1. The highest BCUT2D eigenvalue weighted by molar-refractivity contribution is 7.07. The van der Waals surface area contributed by atoms with Crippen molar-refractivity contribution in [2.45, 2.75) is 20.8 Å². The molecule has 0 saturated carbocycles. The van der Waals surface area contributed by atoms with Gasteiger partial charge < -0.3 is 15.1 Å². The van der Waals surface area contributed by atoms with Crippen molar-refractivity contribution in [1.82, 2.24) is 24.5 Å². The first-order chi connectivity index (χ1) is 11.6. The Morgan fingerprint density at radius 1 is 1.25 bits per heavy atom. The van der Waals surface area contributed by atoms with Gasteiger partial charge in [-0.1, -0.05) is 4.49 Å². The quantitative estimate of drug-likeness (QED) is 0.893. The van der Waals surface area contributed by atoms with E-state index in [9.17, 15) is 4.79 Å². The summed E-state index contributed by atoms with van der Waals surface area (Å²) in [5.41, 5.74) is 1.63. The van der Waals surface area contributed by atoms with Gasteiger partial charge >= 0.3 is 0 Å². The molecule has 0 radical (unpaired) electrons. The Labute approximate surface area is 145 Å². The summed E-state index contributed by atoms with van der Waals surface area (Å²) in [5, 5.41) is 7.07. The van der Waals surface area contributed by atoms with Crippen LogP contribution in [0.2, 0.25) is 0 Å². The number of aryl methyl sites for hydroxylation is 2. The van der Waals surface area contributed by atoms with Crippen molar-refractivity contribution in [2.75, 3.05) is 42.9 Å². The summed E-state index contributed by atoms with van der Waals surface area (Å²) >= 11 is 1.16. The van der Waals surface area contributed by atoms with E-state index in [1.54, 1.807) is 0 Å². The van der Waals surface area contributed by atoms with E-state index in [1.165, 1.54) is 0 Å². The summed E-state index contributed by atoms with van der Waals surface area (Å²) in [6.07, 6.45) is 0. The third kappa shape index (κ3) is 3.45. The van der Waals surface area contributed by atoms with Gasteiger partial charge in [0.15, 0.2) is 0 Å². The highest BCUT2D eigenvalue weighted by Crippen LogP contribution is 2.19. The molecule has 24 heavy (non-hydrogen) atoms. The van der Waals surface area contributed by atoms with E-state index in [1.807, 2.05) is 31.7 Å². The molecular formula is C15H21N7OS. The number of hydrogen-bond acceptors (Lipinski definition) is 8. The van der Waals surface area contributed by atoms with E-state index in [-0.39, 0.29) is 5.91 Å². The number of aromatic nitrogens is 4. The van der Waals surface area contributed by atoms with Gasteiger partial charge in [0, 0.05) is 44.5 Å². The van der Waals surface area contributed by atoms with E-state index in [2.05, 4.69) is 29.8 Å². The summed E-state index contributed by atoms with van der Waals surface area (Å²) in [6.45, 7) is 9.41. The fourth-order valence-corrected chi connectivity index (χ4v) is 3.29. The maximum absolute atomic E-state index is 12.5. The number of nitrogens with one attached hydrogen (secondary N) is 1. The lowest BCUT2D eigenvalue weighted by atomic mass is 10.2. The fourth-order valence-electron chi connectivity index (χ4n) is 2.66. The molecule has 2 aromatic rings. The lowest BCUT2D eigenvalue weighted by Gasteiger charge is -2.35. The first-order valence-electron chi connectivity index (χ1n) is 8.01. The third-order valence-corrected chi connectivity index (χ3v) is 4.73. The van der Waals surface area contributed by atoms with Crippen LogP contribution < -0.4 is 10.2 Å². The van der Waals surface area contributed by atoms with Crippen LogP contribution in [0.25, 0.3) is 0 Å². The van der Waals surface area contributed by atoms with Crippen molar-refractivity contribution in [1.29, 1.82) is 0 Å². The molecule has 1 amide bonds. The Bertz CT molecular complexity index is 724. The molecule has 0 spiro atoms. The predicted molar refractivity (Wildman–Crippen MR) is 93.7 cm³/mol. The molecule has 1 aliphatic rings. The second-order valence-corrected chi connectivity index (χ2v) is 6.44. The molecule has 0 bridgehead atoms. The summed E-state index contributed by atoms with van der Waals surface area (Å²) in [4.78, 5) is 26.1. The number of carbonyl (C=O) groups is 1. The molecule has 0 aromatic carbocycles. The Hall–Kier alpha value is -2.29. The van der Waals surface area contributed by atoms with Gasteiger partial charge in [-0.3, -0.25) is 4.79 Å². The largest absolute Gasteiger partial charge is 0.354 e. The lowest BCUT2D eigenvalue weighted by molar-refractivity contribution is 0.0750. The summed E-state index contributed by atoms with van der Waals surface area (Å²) in [5.74, 6) is 1.58. The predicted octanol–water partition coefficient (Wildman–Crippen LogP) is 1.34. The molecule has 3 rings (SSSR count). The number of carbonyl (C=O) groups excluding carboxylic acids is 1. The van der Waals surface area contributed by atoms with E-state index in [0.717, 1.165) is 42.7 Å². The molecule has 9 heteroatoms. The Kier molecular flexibility index (Phi) is 4.89. The zero-order valence-corrected chi connectivity index (χ0v) is 14.9. The van der Waals surface area contributed by atoms with Crippen LogP contribution >= 0.6 is 11.5 Å². The molecule has 1 saturated heterocycles. The van der Waals surface area contributed by atoms with Gasteiger partial charge in [0.1, 0.15) is 10.7 Å². The molecule has 1 aliphatic heterocycles. The van der Waals surface area contributed by atoms with Crippen molar-refractivity contribution in [3.8, 4) is 0 Å². The molecule has 0 aliphatic carbocycles. The first-order valence-corrected chi connectivity index (χ1v) is 8.78. The Morgan fingerprint density at radius 3 is 2.62 bits per heavy atom. The van der Waals surface area contributed by atoms with Gasteiger partial charge in [-0.05, 0) is 32.3 Å². The van der Waals surface area contributed by atoms with Gasteiger partial charge in [0.2, 0.25) is 5.95 Å². The fraction of sp³-hybridized carbons (Fsp3) is 0.533. The van der Waals surface area contributed by atoms with Crippen LogP contribution in [0.3, 0.4) is 0 Å². The number of nitrogens with zero attached hydrogens (tertiary/aromatic N) is 6. The van der Waals surface area contributed by atoms with Crippen molar-refractivity contribution < 1.29 is 4.79 Å². The molecule has 128 valence electrons. The van der Waals surface area contributed by atoms with Crippen molar-refractivity contribution >= 4 is 29.2 Å². The minimum Gasteiger partial charge on any atom is -0.354 e. The molecule has 1 fully saturated rings. The maximum atomic E-state index is 12.5. The van der Waals surface area contributed by atoms with E-state index >= 15 is 0 Å². The molecule has 3 heterocycles. The molecule has 0 atom stereocenters. The van der Waals surface area contributed by atoms with Crippen LogP contribution in [-0.2, 0) is 0 Å². The standard InChI is InChI=1S/C15H21N7OS/c1-4-16-15-17-10(2)9-12(18-15)21-5-7-22(8-6-21)14(23)13-11(3)19-20-24-13/h9H,4-8H2,1-3H3,(H,16,17,18). The van der Waals surface area contributed by atoms with Gasteiger partial charge in [0.05, 0.1) is 5.69 Å². The Balaban J connectivity index is 1.67. The zero-order valence-electron chi connectivity index (χ0n) is 14.1. The Morgan fingerprint density at radius 2 is 2.00 bits per heavy atom. The molecular weight excluding hydrogens is 326 g/mol. The number of amides is 1. The monoisotopic (exact) mass is 347 g/mol. The topological polar surface area (TPSA) is 87.1 Å². The average Bonchev–Trinajstić information content (AvgIpc) is 3.00. The molecule has 8 nitrogen and oxygen atoms in total. The summed E-state index contributed by atoms with van der Waals surface area (Å²) < 4.78 is 3.85. The molecule has 2 aromatic heterocycles. The number of piperazine rings is 1. The maximum Gasteiger partial charge on any atom is 0.267 e. The second-order valence-electron chi connectivity index (χ2n) is 5.69. The lowest BCUT2D eigenvalue weighted by Crippen LogP contribution is -2.49. The first kappa shape index (κ1) is 16.6. The van der Waals surface area contributed by atoms with E-state index < -0.39 is 0 Å². The highest BCUT2D eigenvalue weighted by Gasteiger charge is 2.25. The molecule has 0 unspecified atom stereocenters. The number of anilines is 2. The van der Waals surface area contributed by atoms with Crippen molar-refractivity contribution in [3.63, 3.8) is 0 Å². The van der Waals surface area contributed by atoms with Crippen LogP contribution in [-0.4, -0.2) is 63.1 Å². The second kappa shape index (κ2) is 7.08. The van der Waals surface area contributed by atoms with Crippen LogP contribution in [0.1, 0.15) is 28.0 Å². The van der Waals surface area contributed by atoms with E-state index in [0.29, 0.717) is 29.6 Å². The SMILES string of the molecule is CCNc1nc(C)cc(N2CCN(C(=O)c3snnc3C)CC2)n1. The van der Waals surface area contributed by atoms with Crippen molar-refractivity contribution in [2.24, 2.45) is 0 Å². The van der Waals surface area contributed by atoms with Crippen LogP contribution in [0.4, 0.5) is 11.8 Å². The van der Waals surface area contributed by atoms with Gasteiger partial charge in [-0.2, -0.15) is 4.98 Å². The van der Waals surface area contributed by atoms with Gasteiger partial charge in [-0.15, -0.1) is 5.10 Å².